The number of methoxy groups -OCH3 is 2. The first-order chi connectivity index (χ1) is 8.27. The van der Waals surface area contributed by atoms with Gasteiger partial charge in [-0.2, -0.15) is 0 Å². The molecule has 1 atom stereocenters. The molecule has 0 saturated carbocycles. The molecule has 0 amide bonds. The van der Waals surface area contributed by atoms with Gasteiger partial charge in [0.05, 0.1) is 13.2 Å². The first-order valence-corrected chi connectivity index (χ1v) is 5.72. The summed E-state index contributed by atoms with van der Waals surface area (Å²) in [6.45, 7) is 2.78. The summed E-state index contributed by atoms with van der Waals surface area (Å²) in [5.41, 5.74) is 0.955. The number of ether oxygens (including phenoxy) is 2. The minimum atomic E-state index is -0.208. The van der Waals surface area contributed by atoms with Crippen LogP contribution in [0.15, 0.2) is 24.3 Å². The van der Waals surface area contributed by atoms with Crippen LogP contribution in [0.1, 0.15) is 11.5 Å². The molecular formula is C13H20FNO2. The number of halogens is 1. The highest BCUT2D eigenvalue weighted by molar-refractivity contribution is 5.21. The van der Waals surface area contributed by atoms with E-state index < -0.39 is 0 Å². The quantitative estimate of drug-likeness (QED) is 0.704. The Hall–Kier alpha value is -0.970. The topological polar surface area (TPSA) is 30.5 Å². The Labute approximate surface area is 102 Å². The summed E-state index contributed by atoms with van der Waals surface area (Å²) in [5, 5.41) is 3.26. The van der Waals surface area contributed by atoms with Crippen molar-refractivity contribution in [1.82, 2.24) is 5.32 Å². The van der Waals surface area contributed by atoms with Crippen LogP contribution in [0.4, 0.5) is 4.39 Å². The lowest BCUT2D eigenvalue weighted by Gasteiger charge is -2.17. The number of rotatable bonds is 8. The lowest BCUT2D eigenvalue weighted by atomic mass is 10.00. The number of hydrogen-bond donors (Lipinski definition) is 1. The highest BCUT2D eigenvalue weighted by atomic mass is 19.1. The van der Waals surface area contributed by atoms with Gasteiger partial charge in [0.2, 0.25) is 0 Å². The molecule has 0 saturated heterocycles. The van der Waals surface area contributed by atoms with Crippen molar-refractivity contribution in [3.8, 4) is 0 Å². The zero-order valence-electron chi connectivity index (χ0n) is 10.4. The Kier molecular flexibility index (Phi) is 6.77. The molecule has 0 radical (unpaired) electrons. The fourth-order valence-corrected chi connectivity index (χ4v) is 1.69. The van der Waals surface area contributed by atoms with Gasteiger partial charge in [-0.1, -0.05) is 12.1 Å². The molecule has 0 aromatic heterocycles. The molecule has 17 heavy (non-hydrogen) atoms. The van der Waals surface area contributed by atoms with Gasteiger partial charge in [-0.25, -0.2) is 4.39 Å². The highest BCUT2D eigenvalue weighted by Crippen LogP contribution is 2.16. The van der Waals surface area contributed by atoms with E-state index in [0.717, 1.165) is 18.7 Å². The summed E-state index contributed by atoms with van der Waals surface area (Å²) in [6.07, 6.45) is 0. The highest BCUT2D eigenvalue weighted by Gasteiger charge is 2.11. The molecule has 1 N–H and O–H groups in total. The predicted octanol–water partition coefficient (Wildman–Crippen LogP) is 1.79. The van der Waals surface area contributed by atoms with Crippen molar-refractivity contribution in [1.29, 1.82) is 0 Å². The van der Waals surface area contributed by atoms with Crippen molar-refractivity contribution in [2.45, 2.75) is 5.92 Å². The van der Waals surface area contributed by atoms with Gasteiger partial charge in [0.25, 0.3) is 0 Å². The van der Waals surface area contributed by atoms with E-state index in [-0.39, 0.29) is 11.7 Å². The van der Waals surface area contributed by atoms with Crippen LogP contribution < -0.4 is 5.32 Å². The molecule has 4 heteroatoms. The van der Waals surface area contributed by atoms with Gasteiger partial charge in [0.1, 0.15) is 5.82 Å². The third kappa shape index (κ3) is 5.26. The van der Waals surface area contributed by atoms with Crippen molar-refractivity contribution >= 4 is 0 Å². The number of benzene rings is 1. The molecule has 0 bridgehead atoms. The number of nitrogens with one attached hydrogen (secondary N) is 1. The van der Waals surface area contributed by atoms with Crippen LogP contribution in [0.3, 0.4) is 0 Å². The second-order valence-electron chi connectivity index (χ2n) is 3.90. The van der Waals surface area contributed by atoms with Gasteiger partial charge in [-0.3, -0.25) is 0 Å². The monoisotopic (exact) mass is 241 g/mol. The van der Waals surface area contributed by atoms with Crippen LogP contribution >= 0.6 is 0 Å². The van der Waals surface area contributed by atoms with Gasteiger partial charge in [-0.05, 0) is 17.7 Å². The Morgan fingerprint density at radius 1 is 1.29 bits per heavy atom. The predicted molar refractivity (Wildman–Crippen MR) is 65.8 cm³/mol. The Balaban J connectivity index is 2.52. The Morgan fingerprint density at radius 3 is 2.76 bits per heavy atom. The van der Waals surface area contributed by atoms with Crippen LogP contribution in [-0.4, -0.2) is 40.5 Å². The van der Waals surface area contributed by atoms with Crippen molar-refractivity contribution in [3.63, 3.8) is 0 Å². The van der Waals surface area contributed by atoms with E-state index in [4.69, 9.17) is 9.47 Å². The average molecular weight is 241 g/mol. The Bertz CT molecular complexity index is 320. The lowest BCUT2D eigenvalue weighted by Crippen LogP contribution is -2.27. The molecule has 1 aromatic carbocycles. The van der Waals surface area contributed by atoms with Crippen LogP contribution in [-0.2, 0) is 9.47 Å². The fraction of sp³-hybridized carbons (Fsp3) is 0.538. The van der Waals surface area contributed by atoms with Crippen molar-refractivity contribution in [2.24, 2.45) is 0 Å². The van der Waals surface area contributed by atoms with E-state index in [0.29, 0.717) is 13.2 Å². The van der Waals surface area contributed by atoms with Crippen LogP contribution in [0, 0.1) is 5.82 Å². The molecule has 0 aliphatic rings. The molecule has 0 heterocycles. The molecule has 1 unspecified atom stereocenters. The molecule has 1 aromatic rings. The van der Waals surface area contributed by atoms with E-state index in [9.17, 15) is 4.39 Å². The summed E-state index contributed by atoms with van der Waals surface area (Å²) in [7, 11) is 3.32. The van der Waals surface area contributed by atoms with Gasteiger partial charge in [0, 0.05) is 33.2 Å². The molecule has 96 valence electrons. The first-order valence-electron chi connectivity index (χ1n) is 5.72. The van der Waals surface area contributed by atoms with Crippen LogP contribution in [0.2, 0.25) is 0 Å². The molecule has 3 nitrogen and oxygen atoms in total. The maximum Gasteiger partial charge on any atom is 0.123 e. The zero-order chi connectivity index (χ0) is 12.5. The van der Waals surface area contributed by atoms with Crippen LogP contribution in [0.25, 0.3) is 0 Å². The van der Waals surface area contributed by atoms with E-state index in [1.54, 1.807) is 26.4 Å². The normalized spacial score (nSPS) is 12.6. The molecule has 0 aliphatic heterocycles. The second-order valence-corrected chi connectivity index (χ2v) is 3.90. The van der Waals surface area contributed by atoms with Crippen molar-refractivity contribution in [3.05, 3.63) is 35.6 Å². The SMILES string of the molecule is COCCNCC(COC)c1cccc(F)c1. The summed E-state index contributed by atoms with van der Waals surface area (Å²) in [4.78, 5) is 0. The van der Waals surface area contributed by atoms with Crippen LogP contribution in [0.5, 0.6) is 0 Å². The minimum Gasteiger partial charge on any atom is -0.384 e. The summed E-state index contributed by atoms with van der Waals surface area (Å²) in [6, 6.07) is 6.65. The second kappa shape index (κ2) is 8.17. The summed E-state index contributed by atoms with van der Waals surface area (Å²) >= 11 is 0. The average Bonchev–Trinajstić information content (AvgIpc) is 2.33. The van der Waals surface area contributed by atoms with E-state index in [2.05, 4.69) is 5.32 Å². The lowest BCUT2D eigenvalue weighted by molar-refractivity contribution is 0.172. The van der Waals surface area contributed by atoms with E-state index in [1.807, 2.05) is 6.07 Å². The Morgan fingerprint density at radius 2 is 2.12 bits per heavy atom. The van der Waals surface area contributed by atoms with Gasteiger partial charge >= 0.3 is 0 Å². The summed E-state index contributed by atoms with van der Waals surface area (Å²) < 4.78 is 23.2. The molecule has 1 rings (SSSR count). The molecule has 0 spiro atoms. The maximum atomic E-state index is 13.1. The third-order valence-electron chi connectivity index (χ3n) is 2.56. The largest absolute Gasteiger partial charge is 0.384 e. The smallest absolute Gasteiger partial charge is 0.123 e. The zero-order valence-corrected chi connectivity index (χ0v) is 10.4. The van der Waals surface area contributed by atoms with Gasteiger partial charge in [-0.15, -0.1) is 0 Å². The first kappa shape index (κ1) is 14.1. The van der Waals surface area contributed by atoms with E-state index in [1.165, 1.54) is 6.07 Å². The maximum absolute atomic E-state index is 13.1. The van der Waals surface area contributed by atoms with E-state index >= 15 is 0 Å². The number of hydrogen-bond acceptors (Lipinski definition) is 3. The van der Waals surface area contributed by atoms with Gasteiger partial charge < -0.3 is 14.8 Å². The molecule has 0 fully saturated rings. The van der Waals surface area contributed by atoms with Crippen molar-refractivity contribution < 1.29 is 13.9 Å². The fourth-order valence-electron chi connectivity index (χ4n) is 1.69. The third-order valence-corrected chi connectivity index (χ3v) is 2.56. The standard InChI is InChI=1S/C13H20FNO2/c1-16-7-6-15-9-12(10-17-2)11-4-3-5-13(14)8-11/h3-5,8,12,15H,6-7,9-10H2,1-2H3. The molecular weight excluding hydrogens is 221 g/mol. The van der Waals surface area contributed by atoms with Gasteiger partial charge in [0.15, 0.2) is 0 Å². The minimum absolute atomic E-state index is 0.160. The molecule has 0 aliphatic carbocycles. The summed E-state index contributed by atoms with van der Waals surface area (Å²) in [5.74, 6) is -0.0481. The van der Waals surface area contributed by atoms with Crippen molar-refractivity contribution in [2.75, 3.05) is 40.5 Å².